The van der Waals surface area contributed by atoms with Gasteiger partial charge < -0.3 is 0 Å². The summed E-state index contributed by atoms with van der Waals surface area (Å²) in [5, 5.41) is 0. The zero-order chi connectivity index (χ0) is 19.3. The van der Waals surface area contributed by atoms with Gasteiger partial charge in [0.15, 0.2) is 0 Å². The van der Waals surface area contributed by atoms with Gasteiger partial charge in [-0.3, -0.25) is 0 Å². The number of hydrogen-bond acceptors (Lipinski definition) is 2. The largest absolute Gasteiger partial charge is 0.271 e. The first kappa shape index (κ1) is 19.2. The summed E-state index contributed by atoms with van der Waals surface area (Å²) in [5.74, 6) is 2.97. The number of rotatable bonds is 4. The van der Waals surface area contributed by atoms with E-state index >= 15 is 0 Å². The van der Waals surface area contributed by atoms with E-state index < -0.39 is 10.0 Å². The van der Waals surface area contributed by atoms with Crippen LogP contribution in [0, 0.1) is 18.9 Å². The van der Waals surface area contributed by atoms with Gasteiger partial charge in [-0.05, 0) is 58.6 Å². The molecule has 0 fully saturated rings. The maximum absolute atomic E-state index is 13.2. The van der Waals surface area contributed by atoms with Crippen molar-refractivity contribution in [1.82, 2.24) is 4.31 Å². The van der Waals surface area contributed by atoms with Gasteiger partial charge in [0.2, 0.25) is 0 Å². The molecule has 0 atom stereocenters. The molecule has 3 aromatic rings. The minimum Gasteiger partial charge on any atom is -0.220 e. The third-order valence-electron chi connectivity index (χ3n) is 3.97. The minimum absolute atomic E-state index is 0.175. The molecule has 0 heterocycles. The van der Waals surface area contributed by atoms with Crippen molar-refractivity contribution in [3.8, 4) is 12.0 Å². The van der Waals surface area contributed by atoms with Gasteiger partial charge in [0.25, 0.3) is 10.0 Å². The van der Waals surface area contributed by atoms with E-state index in [0.717, 1.165) is 21.2 Å². The summed E-state index contributed by atoms with van der Waals surface area (Å²) < 4.78 is 28.4. The van der Waals surface area contributed by atoms with Gasteiger partial charge in [-0.15, -0.1) is 0 Å². The maximum Gasteiger partial charge on any atom is 0.271 e. The minimum atomic E-state index is -3.75. The summed E-state index contributed by atoms with van der Waals surface area (Å²) in [6.07, 6.45) is 0. The van der Waals surface area contributed by atoms with Crippen molar-refractivity contribution in [2.24, 2.45) is 0 Å². The van der Waals surface area contributed by atoms with Crippen molar-refractivity contribution in [3.05, 3.63) is 100 Å². The van der Waals surface area contributed by atoms with E-state index in [2.05, 4.69) is 27.9 Å². The van der Waals surface area contributed by atoms with Crippen LogP contribution in [0.3, 0.4) is 0 Å². The highest BCUT2D eigenvalue weighted by Crippen LogP contribution is 2.19. The standard InChI is InChI=1S/C22H18BrNO2S/c1-18-11-13-21(14-12-18)27(25,26)24(17-19-7-3-2-4-8-19)16-15-20-9-5-6-10-22(20)23/h2-14H,17H2,1H3. The van der Waals surface area contributed by atoms with Gasteiger partial charge in [0.05, 0.1) is 11.4 Å². The molecule has 5 heteroatoms. The smallest absolute Gasteiger partial charge is 0.220 e. The topological polar surface area (TPSA) is 37.4 Å². The monoisotopic (exact) mass is 439 g/mol. The fourth-order valence-electron chi connectivity index (χ4n) is 2.46. The molecule has 0 amide bonds. The molecular weight excluding hydrogens is 422 g/mol. The fourth-order valence-corrected chi connectivity index (χ4v) is 4.06. The molecule has 3 aromatic carbocycles. The van der Waals surface area contributed by atoms with Crippen LogP contribution in [0.25, 0.3) is 0 Å². The summed E-state index contributed by atoms with van der Waals surface area (Å²) >= 11 is 3.45. The first-order chi connectivity index (χ1) is 13.0. The Hall–Kier alpha value is -2.55. The molecule has 0 N–H and O–H groups in total. The normalized spacial score (nSPS) is 10.7. The van der Waals surface area contributed by atoms with Gasteiger partial charge in [0, 0.05) is 16.1 Å². The third-order valence-corrected chi connectivity index (χ3v) is 6.33. The number of nitrogens with zero attached hydrogens (tertiary/aromatic N) is 1. The SMILES string of the molecule is Cc1ccc(S(=O)(=O)N(C#Cc2ccccc2Br)Cc2ccccc2)cc1. The quantitative estimate of drug-likeness (QED) is 0.425. The number of benzene rings is 3. The molecule has 136 valence electrons. The second kappa shape index (κ2) is 8.43. The molecule has 0 saturated heterocycles. The zero-order valence-electron chi connectivity index (χ0n) is 14.8. The van der Waals surface area contributed by atoms with Gasteiger partial charge in [-0.2, -0.15) is 0 Å². The third kappa shape index (κ3) is 4.79. The summed E-state index contributed by atoms with van der Waals surface area (Å²) in [4.78, 5) is 0.227. The van der Waals surface area contributed by atoms with Crippen molar-refractivity contribution in [3.63, 3.8) is 0 Å². The van der Waals surface area contributed by atoms with Crippen LogP contribution in [0.1, 0.15) is 16.7 Å². The molecule has 3 nitrogen and oxygen atoms in total. The van der Waals surface area contributed by atoms with E-state index in [1.165, 1.54) is 4.31 Å². The Balaban J connectivity index is 2.02. The Bertz CT molecular complexity index is 1080. The second-order valence-electron chi connectivity index (χ2n) is 6.03. The molecule has 27 heavy (non-hydrogen) atoms. The summed E-state index contributed by atoms with van der Waals surface area (Å²) in [5.41, 5.74) is 2.60. The van der Waals surface area contributed by atoms with Crippen LogP contribution in [-0.2, 0) is 16.6 Å². The molecule has 0 aliphatic heterocycles. The molecule has 0 bridgehead atoms. The highest BCUT2D eigenvalue weighted by Gasteiger charge is 2.22. The highest BCUT2D eigenvalue weighted by molar-refractivity contribution is 9.10. The van der Waals surface area contributed by atoms with Crippen molar-refractivity contribution in [2.45, 2.75) is 18.4 Å². The summed E-state index contributed by atoms with van der Waals surface area (Å²) in [6, 6.07) is 26.6. The van der Waals surface area contributed by atoms with E-state index in [9.17, 15) is 8.42 Å². The Morgan fingerprint density at radius 3 is 2.19 bits per heavy atom. The lowest BCUT2D eigenvalue weighted by Gasteiger charge is -2.18. The Labute approximate surface area is 168 Å². The Kier molecular flexibility index (Phi) is 6.00. The fraction of sp³-hybridized carbons (Fsp3) is 0.0909. The van der Waals surface area contributed by atoms with Gasteiger partial charge in [-0.25, -0.2) is 12.7 Å². The predicted molar refractivity (Wildman–Crippen MR) is 111 cm³/mol. The van der Waals surface area contributed by atoms with Crippen LogP contribution in [0.4, 0.5) is 0 Å². The number of hydrogen-bond donors (Lipinski definition) is 0. The van der Waals surface area contributed by atoms with Crippen molar-refractivity contribution in [1.29, 1.82) is 0 Å². The predicted octanol–water partition coefficient (Wildman–Crippen LogP) is 4.96. The van der Waals surface area contributed by atoms with E-state index in [1.54, 1.807) is 24.3 Å². The van der Waals surface area contributed by atoms with Crippen LogP contribution in [0.5, 0.6) is 0 Å². The molecule has 0 unspecified atom stereocenters. The molecule has 0 spiro atoms. The molecule has 0 radical (unpaired) electrons. The molecule has 0 saturated carbocycles. The lowest BCUT2D eigenvalue weighted by Crippen LogP contribution is -2.26. The van der Waals surface area contributed by atoms with E-state index in [0.29, 0.717) is 0 Å². The average Bonchev–Trinajstić information content (AvgIpc) is 2.67. The van der Waals surface area contributed by atoms with Crippen molar-refractivity contribution < 1.29 is 8.42 Å². The second-order valence-corrected chi connectivity index (χ2v) is 8.74. The van der Waals surface area contributed by atoms with Crippen LogP contribution in [-0.4, -0.2) is 12.7 Å². The zero-order valence-corrected chi connectivity index (χ0v) is 17.2. The average molecular weight is 440 g/mol. The number of halogens is 1. The van der Waals surface area contributed by atoms with E-state index in [-0.39, 0.29) is 11.4 Å². The molecule has 0 aliphatic carbocycles. The van der Waals surface area contributed by atoms with Crippen LogP contribution in [0.15, 0.2) is 88.2 Å². The molecular formula is C22H18BrNO2S. The van der Waals surface area contributed by atoms with Gasteiger partial charge in [-0.1, -0.05) is 60.2 Å². The Morgan fingerprint density at radius 2 is 1.52 bits per heavy atom. The Morgan fingerprint density at radius 1 is 0.889 bits per heavy atom. The first-order valence-corrected chi connectivity index (χ1v) is 10.6. The molecule has 0 aromatic heterocycles. The summed E-state index contributed by atoms with van der Waals surface area (Å²) in [6.45, 7) is 2.10. The number of aryl methyl sites for hydroxylation is 1. The van der Waals surface area contributed by atoms with Gasteiger partial charge >= 0.3 is 0 Å². The molecule has 3 rings (SSSR count). The van der Waals surface area contributed by atoms with Crippen molar-refractivity contribution in [2.75, 3.05) is 0 Å². The van der Waals surface area contributed by atoms with Crippen LogP contribution < -0.4 is 0 Å². The van der Waals surface area contributed by atoms with E-state index in [4.69, 9.17) is 0 Å². The lowest BCUT2D eigenvalue weighted by atomic mass is 10.2. The number of sulfonamides is 1. The summed E-state index contributed by atoms with van der Waals surface area (Å²) in [7, 11) is -3.75. The highest BCUT2D eigenvalue weighted by atomic mass is 79.9. The van der Waals surface area contributed by atoms with E-state index in [1.807, 2.05) is 61.5 Å². The van der Waals surface area contributed by atoms with Gasteiger partial charge in [0.1, 0.15) is 0 Å². The van der Waals surface area contributed by atoms with Crippen LogP contribution in [0.2, 0.25) is 0 Å². The van der Waals surface area contributed by atoms with Crippen molar-refractivity contribution >= 4 is 26.0 Å². The molecule has 0 aliphatic rings. The maximum atomic E-state index is 13.2. The first-order valence-electron chi connectivity index (χ1n) is 8.36. The lowest BCUT2D eigenvalue weighted by molar-refractivity contribution is 0.508. The van der Waals surface area contributed by atoms with Crippen LogP contribution >= 0.6 is 15.9 Å².